The Morgan fingerprint density at radius 2 is 1.95 bits per heavy atom. The van der Waals surface area contributed by atoms with E-state index in [1.807, 2.05) is 0 Å². The number of hydrogen-bond acceptors (Lipinski definition) is 3. The predicted octanol–water partition coefficient (Wildman–Crippen LogP) is 2.57. The summed E-state index contributed by atoms with van der Waals surface area (Å²) < 4.78 is 0. The summed E-state index contributed by atoms with van der Waals surface area (Å²) in [5.74, 6) is 1.65. The van der Waals surface area contributed by atoms with Gasteiger partial charge in [-0.2, -0.15) is 0 Å². The maximum absolute atomic E-state index is 3.95. The zero-order chi connectivity index (χ0) is 14.9. The van der Waals surface area contributed by atoms with Crippen LogP contribution in [0.5, 0.6) is 0 Å². The molecule has 0 amide bonds. The number of hydrogen-bond donors (Lipinski definition) is 1. The molecule has 0 aromatic heterocycles. The van der Waals surface area contributed by atoms with Crippen molar-refractivity contribution in [1.82, 2.24) is 15.1 Å². The van der Waals surface area contributed by atoms with E-state index < -0.39 is 0 Å². The lowest BCUT2D eigenvalue weighted by Gasteiger charge is -2.49. The summed E-state index contributed by atoms with van der Waals surface area (Å²) in [7, 11) is 2.29. The van der Waals surface area contributed by atoms with Crippen LogP contribution in [0.25, 0.3) is 0 Å². The van der Waals surface area contributed by atoms with Gasteiger partial charge in [-0.15, -0.1) is 0 Å². The molecule has 2 atom stereocenters. The molecular formula is C18H35N3. The smallest absolute Gasteiger partial charge is 0.0309 e. The summed E-state index contributed by atoms with van der Waals surface area (Å²) in [6.45, 7) is 11.3. The second kappa shape index (κ2) is 6.55. The van der Waals surface area contributed by atoms with Gasteiger partial charge in [0, 0.05) is 37.8 Å². The maximum atomic E-state index is 3.95. The first-order chi connectivity index (χ1) is 10.1. The van der Waals surface area contributed by atoms with E-state index in [0.717, 1.165) is 17.9 Å². The van der Waals surface area contributed by atoms with E-state index in [1.165, 1.54) is 71.2 Å². The van der Waals surface area contributed by atoms with Crippen LogP contribution in [0.4, 0.5) is 0 Å². The number of rotatable bonds is 3. The Kier molecular flexibility index (Phi) is 4.92. The van der Waals surface area contributed by atoms with E-state index in [1.54, 1.807) is 0 Å². The molecule has 3 aliphatic rings. The van der Waals surface area contributed by atoms with Gasteiger partial charge < -0.3 is 10.2 Å². The van der Waals surface area contributed by atoms with E-state index in [0.29, 0.717) is 5.54 Å². The van der Waals surface area contributed by atoms with Crippen LogP contribution < -0.4 is 5.32 Å². The molecule has 2 heterocycles. The van der Waals surface area contributed by atoms with Crippen LogP contribution in [-0.2, 0) is 0 Å². The normalized spacial score (nSPS) is 34.9. The van der Waals surface area contributed by atoms with E-state index in [2.05, 4.69) is 36.0 Å². The Balaban J connectivity index is 1.65. The topological polar surface area (TPSA) is 18.5 Å². The lowest BCUT2D eigenvalue weighted by atomic mass is 9.87. The molecule has 2 unspecified atom stereocenters. The Morgan fingerprint density at radius 3 is 2.62 bits per heavy atom. The van der Waals surface area contributed by atoms with Crippen molar-refractivity contribution >= 4 is 0 Å². The van der Waals surface area contributed by atoms with Crippen molar-refractivity contribution in [3.8, 4) is 0 Å². The first-order valence-electron chi connectivity index (χ1n) is 9.26. The number of nitrogens with one attached hydrogen (secondary N) is 1. The molecule has 1 aliphatic carbocycles. The molecule has 2 aliphatic heterocycles. The molecule has 1 N–H and O–H groups in total. The minimum atomic E-state index is 0.464. The van der Waals surface area contributed by atoms with E-state index in [9.17, 15) is 0 Å². The van der Waals surface area contributed by atoms with Gasteiger partial charge in [-0.25, -0.2) is 0 Å². The average Bonchev–Trinajstić information content (AvgIpc) is 2.86. The molecule has 0 aromatic rings. The van der Waals surface area contributed by atoms with Crippen molar-refractivity contribution < 1.29 is 0 Å². The molecule has 1 saturated carbocycles. The number of nitrogens with zero attached hydrogens (tertiary/aromatic N) is 2. The highest BCUT2D eigenvalue weighted by molar-refractivity contribution is 5.02. The summed E-state index contributed by atoms with van der Waals surface area (Å²) in [5.41, 5.74) is 0.464. The summed E-state index contributed by atoms with van der Waals surface area (Å²) in [4.78, 5) is 5.41. The molecular weight excluding hydrogens is 258 g/mol. The van der Waals surface area contributed by atoms with E-state index in [-0.39, 0.29) is 0 Å². The van der Waals surface area contributed by atoms with Crippen LogP contribution in [0, 0.1) is 11.8 Å². The quantitative estimate of drug-likeness (QED) is 0.863. The Bertz CT molecular complexity index is 335. The fourth-order valence-corrected chi connectivity index (χ4v) is 5.01. The van der Waals surface area contributed by atoms with Gasteiger partial charge in [-0.1, -0.05) is 26.7 Å². The summed E-state index contributed by atoms with van der Waals surface area (Å²) in [6.07, 6.45) is 8.49. The largest absolute Gasteiger partial charge is 0.308 e. The molecule has 21 heavy (non-hydrogen) atoms. The Hall–Kier alpha value is -0.120. The van der Waals surface area contributed by atoms with Crippen molar-refractivity contribution in [2.45, 2.75) is 64.0 Å². The molecule has 1 spiro atoms. The van der Waals surface area contributed by atoms with Crippen LogP contribution in [0.15, 0.2) is 0 Å². The van der Waals surface area contributed by atoms with Gasteiger partial charge in [0.25, 0.3) is 0 Å². The van der Waals surface area contributed by atoms with Gasteiger partial charge in [0.2, 0.25) is 0 Å². The second-order valence-corrected chi connectivity index (χ2v) is 8.38. The monoisotopic (exact) mass is 293 g/mol. The van der Waals surface area contributed by atoms with Crippen LogP contribution in [-0.4, -0.2) is 61.2 Å². The molecule has 0 aromatic carbocycles. The summed E-state index contributed by atoms with van der Waals surface area (Å²) in [6, 6.07) is 0.739. The van der Waals surface area contributed by atoms with Crippen LogP contribution in [0.2, 0.25) is 0 Å². The zero-order valence-corrected chi connectivity index (χ0v) is 14.4. The van der Waals surface area contributed by atoms with Crippen LogP contribution >= 0.6 is 0 Å². The fourth-order valence-electron chi connectivity index (χ4n) is 5.01. The lowest BCUT2D eigenvalue weighted by Crippen LogP contribution is -2.65. The third-order valence-corrected chi connectivity index (χ3v) is 6.21. The Labute approximate surface area is 131 Å². The minimum Gasteiger partial charge on any atom is -0.308 e. The van der Waals surface area contributed by atoms with Crippen molar-refractivity contribution in [1.29, 1.82) is 0 Å². The molecule has 3 nitrogen and oxygen atoms in total. The summed E-state index contributed by atoms with van der Waals surface area (Å²) in [5, 5.41) is 3.95. The first-order valence-corrected chi connectivity index (χ1v) is 9.26. The van der Waals surface area contributed by atoms with Crippen molar-refractivity contribution in [3.05, 3.63) is 0 Å². The standard InChI is InChI=1S/C18H35N3/c1-15(2)17-11-19-18(8-4-5-9-18)14-21(17)13-16-7-6-10-20(3)12-16/h15-17,19H,4-14H2,1-3H3. The lowest BCUT2D eigenvalue weighted by molar-refractivity contribution is 0.0330. The maximum Gasteiger partial charge on any atom is 0.0309 e. The fraction of sp³-hybridized carbons (Fsp3) is 1.00. The molecule has 3 heteroatoms. The van der Waals surface area contributed by atoms with Crippen molar-refractivity contribution in [3.63, 3.8) is 0 Å². The zero-order valence-electron chi connectivity index (χ0n) is 14.4. The summed E-state index contributed by atoms with van der Waals surface area (Å²) >= 11 is 0. The van der Waals surface area contributed by atoms with Crippen molar-refractivity contribution in [2.75, 3.05) is 39.8 Å². The second-order valence-electron chi connectivity index (χ2n) is 8.38. The van der Waals surface area contributed by atoms with Gasteiger partial charge in [0.05, 0.1) is 0 Å². The highest BCUT2D eigenvalue weighted by Gasteiger charge is 2.42. The number of piperidine rings is 1. The predicted molar refractivity (Wildman–Crippen MR) is 89.6 cm³/mol. The van der Waals surface area contributed by atoms with Gasteiger partial charge in [0.1, 0.15) is 0 Å². The first kappa shape index (κ1) is 15.8. The van der Waals surface area contributed by atoms with Gasteiger partial charge in [-0.3, -0.25) is 4.90 Å². The molecule has 2 saturated heterocycles. The third kappa shape index (κ3) is 3.62. The molecule has 122 valence electrons. The molecule has 0 radical (unpaired) electrons. The third-order valence-electron chi connectivity index (χ3n) is 6.21. The van der Waals surface area contributed by atoms with Crippen LogP contribution in [0.1, 0.15) is 52.4 Å². The minimum absolute atomic E-state index is 0.464. The molecule has 0 bridgehead atoms. The highest BCUT2D eigenvalue weighted by Crippen LogP contribution is 2.35. The average molecular weight is 293 g/mol. The van der Waals surface area contributed by atoms with Crippen LogP contribution in [0.3, 0.4) is 0 Å². The van der Waals surface area contributed by atoms with Gasteiger partial charge in [0.15, 0.2) is 0 Å². The molecule has 3 fully saturated rings. The number of piperazine rings is 1. The molecule has 3 rings (SSSR count). The van der Waals surface area contributed by atoms with Crippen molar-refractivity contribution in [2.24, 2.45) is 11.8 Å². The number of likely N-dealkylation sites (tertiary alicyclic amines) is 1. The highest BCUT2D eigenvalue weighted by atomic mass is 15.3. The van der Waals surface area contributed by atoms with E-state index >= 15 is 0 Å². The van der Waals surface area contributed by atoms with E-state index in [4.69, 9.17) is 0 Å². The van der Waals surface area contributed by atoms with Gasteiger partial charge in [-0.05, 0) is 51.1 Å². The Morgan fingerprint density at radius 1 is 1.19 bits per heavy atom. The SMILES string of the molecule is CC(C)C1CNC2(CCCC2)CN1CC1CCCN(C)C1. The van der Waals surface area contributed by atoms with Gasteiger partial charge >= 0.3 is 0 Å².